The van der Waals surface area contributed by atoms with Crippen molar-refractivity contribution in [2.45, 2.75) is 12.8 Å². The van der Waals surface area contributed by atoms with Gasteiger partial charge in [0, 0.05) is 28.6 Å². The number of hydrogen-bond acceptors (Lipinski definition) is 6. The Morgan fingerprint density at radius 2 is 1.83 bits per heavy atom. The van der Waals surface area contributed by atoms with E-state index in [0.717, 1.165) is 22.4 Å². The van der Waals surface area contributed by atoms with E-state index in [4.69, 9.17) is 32.5 Å². The van der Waals surface area contributed by atoms with Gasteiger partial charge in [0.25, 0.3) is 11.8 Å². The van der Waals surface area contributed by atoms with Crippen molar-refractivity contribution >= 4 is 34.8 Å². The number of rotatable bonds is 4. The topological polar surface area (TPSA) is 134 Å². The van der Waals surface area contributed by atoms with Crippen molar-refractivity contribution in [3.8, 4) is 28.4 Å². The smallest absolute Gasteiger partial charge is 0.269 e. The van der Waals surface area contributed by atoms with Crippen LogP contribution in [-0.2, 0) is 12.8 Å². The first kappa shape index (κ1) is 22.0. The molecule has 4 aromatic rings. The summed E-state index contributed by atoms with van der Waals surface area (Å²) in [5.74, 6) is 0.270. The lowest BCUT2D eigenvalue weighted by Gasteiger charge is -2.20. The van der Waals surface area contributed by atoms with Crippen molar-refractivity contribution in [3.63, 3.8) is 0 Å². The lowest BCUT2D eigenvalue weighted by atomic mass is 9.88. The second-order valence-corrected chi connectivity index (χ2v) is 8.96. The first-order chi connectivity index (χ1) is 17.4. The van der Waals surface area contributed by atoms with Crippen LogP contribution in [0.4, 0.5) is 11.4 Å². The largest absolute Gasteiger partial charge is 0.454 e. The van der Waals surface area contributed by atoms with Crippen LogP contribution in [0.25, 0.3) is 16.9 Å². The molecule has 0 spiro atoms. The Hall–Kier alpha value is -4.50. The molecule has 1 aromatic heterocycles. The first-order valence-corrected chi connectivity index (χ1v) is 11.6. The Morgan fingerprint density at radius 3 is 2.64 bits per heavy atom. The van der Waals surface area contributed by atoms with Crippen molar-refractivity contribution in [1.82, 2.24) is 9.78 Å². The molecular formula is C26H20ClN5O4. The Bertz CT molecular complexity index is 1580. The number of halogens is 1. The minimum atomic E-state index is -0.600. The summed E-state index contributed by atoms with van der Waals surface area (Å²) in [5.41, 5.74) is 17.1. The van der Waals surface area contributed by atoms with Crippen molar-refractivity contribution in [3.05, 3.63) is 82.0 Å². The molecule has 2 heterocycles. The fourth-order valence-electron chi connectivity index (χ4n) is 4.63. The van der Waals surface area contributed by atoms with E-state index in [-0.39, 0.29) is 23.4 Å². The maximum absolute atomic E-state index is 12.9. The van der Waals surface area contributed by atoms with E-state index in [9.17, 15) is 9.59 Å². The lowest BCUT2D eigenvalue weighted by Crippen LogP contribution is -2.16. The van der Waals surface area contributed by atoms with Crippen LogP contribution in [0, 0.1) is 0 Å². The molecule has 2 amide bonds. The zero-order valence-electron chi connectivity index (χ0n) is 18.9. The fourth-order valence-corrected chi connectivity index (χ4v) is 4.91. The third kappa shape index (κ3) is 3.61. The van der Waals surface area contributed by atoms with Crippen molar-refractivity contribution in [2.24, 2.45) is 5.73 Å². The molecule has 9 nitrogen and oxygen atoms in total. The van der Waals surface area contributed by atoms with Gasteiger partial charge in [0.1, 0.15) is 0 Å². The molecule has 0 saturated carbocycles. The Labute approximate surface area is 210 Å². The number of nitrogens with two attached hydrogens (primary N) is 2. The number of fused-ring (bicyclic) bond motifs is 4. The van der Waals surface area contributed by atoms with E-state index in [1.165, 1.54) is 6.07 Å². The number of carbonyl (C=O) groups is 2. The van der Waals surface area contributed by atoms with E-state index in [0.29, 0.717) is 47.0 Å². The summed E-state index contributed by atoms with van der Waals surface area (Å²) in [6.07, 6.45) is 1.31. The number of nitrogens with one attached hydrogen (secondary N) is 1. The van der Waals surface area contributed by atoms with Gasteiger partial charge in [-0.05, 0) is 60.9 Å². The molecule has 3 aromatic carbocycles. The Morgan fingerprint density at radius 1 is 1.00 bits per heavy atom. The summed E-state index contributed by atoms with van der Waals surface area (Å²) >= 11 is 6.22. The first-order valence-electron chi connectivity index (χ1n) is 11.2. The highest BCUT2D eigenvalue weighted by atomic mass is 35.5. The second-order valence-electron chi connectivity index (χ2n) is 8.55. The minimum absolute atomic E-state index is 0.145. The summed E-state index contributed by atoms with van der Waals surface area (Å²) in [4.78, 5) is 25.2. The van der Waals surface area contributed by atoms with Gasteiger partial charge in [0.2, 0.25) is 6.79 Å². The van der Waals surface area contributed by atoms with E-state index in [2.05, 4.69) is 10.4 Å². The summed E-state index contributed by atoms with van der Waals surface area (Å²) in [5, 5.41) is 7.74. The second kappa shape index (κ2) is 8.31. The maximum atomic E-state index is 12.9. The van der Waals surface area contributed by atoms with Gasteiger partial charge in [-0.25, -0.2) is 4.68 Å². The molecular weight excluding hydrogens is 482 g/mol. The van der Waals surface area contributed by atoms with Crippen LogP contribution in [-0.4, -0.2) is 28.4 Å². The number of nitrogen functional groups attached to an aromatic ring is 1. The fraction of sp³-hybridized carbons (Fsp3) is 0.115. The molecule has 1 aliphatic carbocycles. The van der Waals surface area contributed by atoms with Crippen LogP contribution in [0.1, 0.15) is 32.0 Å². The molecule has 36 heavy (non-hydrogen) atoms. The molecule has 1 aliphatic heterocycles. The zero-order chi connectivity index (χ0) is 25.0. The summed E-state index contributed by atoms with van der Waals surface area (Å²) in [6, 6.07) is 15.8. The van der Waals surface area contributed by atoms with Gasteiger partial charge in [0.05, 0.1) is 22.0 Å². The van der Waals surface area contributed by atoms with Crippen molar-refractivity contribution in [1.29, 1.82) is 0 Å². The molecule has 10 heteroatoms. The number of aromatic nitrogens is 2. The van der Waals surface area contributed by atoms with Crippen LogP contribution in [0.2, 0.25) is 5.02 Å². The number of ether oxygens (including phenoxy) is 2. The SMILES string of the molecule is NC(=O)c1nn(-c2ccc3c(c2)OCO3)c2c1CCc1ccc(NC(=O)c3ccc(N)cc3Cl)cc1-2. The van der Waals surface area contributed by atoms with Gasteiger partial charge in [0.15, 0.2) is 17.2 Å². The molecule has 180 valence electrons. The lowest BCUT2D eigenvalue weighted by molar-refractivity contribution is 0.0992. The average Bonchev–Trinajstić information content (AvgIpc) is 3.48. The predicted molar refractivity (Wildman–Crippen MR) is 135 cm³/mol. The number of benzene rings is 3. The number of nitrogens with zero attached hydrogens (tertiary/aromatic N) is 2. The highest BCUT2D eigenvalue weighted by Gasteiger charge is 2.29. The number of hydrogen-bond donors (Lipinski definition) is 3. The number of primary amides is 1. The molecule has 0 saturated heterocycles. The molecule has 0 fully saturated rings. The highest BCUT2D eigenvalue weighted by Crippen LogP contribution is 2.40. The van der Waals surface area contributed by atoms with Gasteiger partial charge in [-0.15, -0.1) is 0 Å². The standard InChI is InChI=1S/C26H20ClN5O4/c27-20-9-14(28)3-7-17(20)26(34)30-15-4-1-13-2-6-18-23(25(29)33)31-32(24(18)19(13)10-15)16-5-8-21-22(11-16)36-12-35-21/h1,3-5,7-11H,2,6,12,28H2,(H2,29,33)(H,30,34). The van der Waals surface area contributed by atoms with Crippen LogP contribution >= 0.6 is 11.6 Å². The number of carbonyl (C=O) groups excluding carboxylic acids is 2. The monoisotopic (exact) mass is 501 g/mol. The van der Waals surface area contributed by atoms with Crippen molar-refractivity contribution < 1.29 is 19.1 Å². The number of aryl methyl sites for hydroxylation is 1. The third-order valence-electron chi connectivity index (χ3n) is 6.32. The summed E-state index contributed by atoms with van der Waals surface area (Å²) in [6.45, 7) is 0.145. The quantitative estimate of drug-likeness (QED) is 0.362. The van der Waals surface area contributed by atoms with E-state index >= 15 is 0 Å². The Balaban J connectivity index is 1.44. The highest BCUT2D eigenvalue weighted by molar-refractivity contribution is 6.34. The minimum Gasteiger partial charge on any atom is -0.454 e. The van der Waals surface area contributed by atoms with Crippen LogP contribution < -0.4 is 26.3 Å². The zero-order valence-corrected chi connectivity index (χ0v) is 19.6. The molecule has 0 atom stereocenters. The normalized spacial score (nSPS) is 13.1. The number of amides is 2. The van der Waals surface area contributed by atoms with Crippen molar-refractivity contribution in [2.75, 3.05) is 17.8 Å². The Kier molecular flexibility index (Phi) is 5.08. The van der Waals surface area contributed by atoms with Gasteiger partial charge in [-0.3, -0.25) is 9.59 Å². The van der Waals surface area contributed by atoms with E-state index in [1.807, 2.05) is 30.3 Å². The van der Waals surface area contributed by atoms with Gasteiger partial charge in [-0.2, -0.15) is 5.10 Å². The number of anilines is 2. The molecule has 0 radical (unpaired) electrons. The summed E-state index contributed by atoms with van der Waals surface area (Å²) in [7, 11) is 0. The van der Waals surface area contributed by atoms with Gasteiger partial charge in [-0.1, -0.05) is 17.7 Å². The van der Waals surface area contributed by atoms with Gasteiger partial charge >= 0.3 is 0 Å². The van der Waals surface area contributed by atoms with Crippen LogP contribution in [0.15, 0.2) is 54.6 Å². The van der Waals surface area contributed by atoms with Crippen LogP contribution in [0.3, 0.4) is 0 Å². The molecule has 0 unspecified atom stereocenters. The molecule has 6 rings (SSSR count). The molecule has 0 bridgehead atoms. The third-order valence-corrected chi connectivity index (χ3v) is 6.64. The van der Waals surface area contributed by atoms with E-state index in [1.54, 1.807) is 22.9 Å². The van der Waals surface area contributed by atoms with Crippen LogP contribution in [0.5, 0.6) is 11.5 Å². The van der Waals surface area contributed by atoms with Gasteiger partial charge < -0.3 is 26.3 Å². The average molecular weight is 502 g/mol. The predicted octanol–water partition coefficient (Wildman–Crippen LogP) is 3.95. The molecule has 2 aliphatic rings. The summed E-state index contributed by atoms with van der Waals surface area (Å²) < 4.78 is 12.6. The van der Waals surface area contributed by atoms with E-state index < -0.39 is 5.91 Å². The molecule has 5 N–H and O–H groups in total. The maximum Gasteiger partial charge on any atom is 0.269 e.